The molecule has 0 saturated carbocycles. The lowest BCUT2D eigenvalue weighted by atomic mass is 10.0. The molecule has 3 heterocycles. The molecule has 258 valence electrons. The monoisotopic (exact) mass is 685 g/mol. The zero-order valence-corrected chi connectivity index (χ0v) is 28.6. The Kier molecular flexibility index (Phi) is 10.4. The van der Waals surface area contributed by atoms with Crippen molar-refractivity contribution in [2.24, 2.45) is 0 Å². The lowest BCUT2D eigenvalue weighted by Gasteiger charge is -2.40. The van der Waals surface area contributed by atoms with Gasteiger partial charge < -0.3 is 25.6 Å². The van der Waals surface area contributed by atoms with Crippen molar-refractivity contribution in [3.63, 3.8) is 0 Å². The highest BCUT2D eigenvalue weighted by Gasteiger charge is 2.40. The average molecular weight is 686 g/mol. The summed E-state index contributed by atoms with van der Waals surface area (Å²) in [5.74, 6) is -2.08. The van der Waals surface area contributed by atoms with E-state index in [-0.39, 0.29) is 24.1 Å². The van der Waals surface area contributed by atoms with Gasteiger partial charge in [0.25, 0.3) is 5.91 Å². The van der Waals surface area contributed by atoms with Crippen molar-refractivity contribution >= 4 is 34.9 Å². The number of aryl methyl sites for hydroxylation is 1. The summed E-state index contributed by atoms with van der Waals surface area (Å²) in [6.45, 7) is 12.0. The van der Waals surface area contributed by atoms with Crippen LogP contribution in [0.2, 0.25) is 0 Å². The fourth-order valence-electron chi connectivity index (χ4n) is 5.76. The molecule has 9 nitrogen and oxygen atoms in total. The van der Waals surface area contributed by atoms with E-state index < -0.39 is 23.7 Å². The summed E-state index contributed by atoms with van der Waals surface area (Å²) in [5.41, 5.74) is 3.62. The number of anilines is 1. The van der Waals surface area contributed by atoms with Crippen LogP contribution in [-0.4, -0.2) is 77.7 Å². The van der Waals surface area contributed by atoms with E-state index in [0.717, 1.165) is 32.1 Å². The van der Waals surface area contributed by atoms with Crippen molar-refractivity contribution in [1.29, 1.82) is 0 Å². The zero-order chi connectivity index (χ0) is 34.8. The van der Waals surface area contributed by atoms with Gasteiger partial charge in [-0.2, -0.15) is 13.2 Å². The summed E-state index contributed by atoms with van der Waals surface area (Å²) in [4.78, 5) is 42.8. The highest BCUT2D eigenvalue weighted by molar-refractivity contribution is 7.15. The number of carbonyl (C=O) groups is 3. The number of halogens is 3. The Morgan fingerprint density at radius 1 is 1.00 bits per heavy atom. The maximum atomic E-state index is 13.4. The molecular weight excluding hydrogens is 643 g/mol. The van der Waals surface area contributed by atoms with Crippen molar-refractivity contribution < 1.29 is 32.3 Å². The van der Waals surface area contributed by atoms with Crippen molar-refractivity contribution in [3.8, 4) is 10.4 Å². The number of nitrogens with zero attached hydrogens (tertiary/aromatic N) is 2. The largest absolute Gasteiger partial charge is 0.471 e. The lowest BCUT2D eigenvalue weighted by Crippen LogP contribution is -2.57. The van der Waals surface area contributed by atoms with Crippen LogP contribution in [0.15, 0.2) is 54.6 Å². The van der Waals surface area contributed by atoms with Crippen LogP contribution in [0.25, 0.3) is 10.4 Å². The number of benzene rings is 2. The van der Waals surface area contributed by atoms with Crippen LogP contribution < -0.4 is 16.0 Å². The zero-order valence-electron chi connectivity index (χ0n) is 27.7. The van der Waals surface area contributed by atoms with Crippen LogP contribution in [0.5, 0.6) is 0 Å². The number of hydrogen-bond acceptors (Lipinski definition) is 7. The third-order valence-corrected chi connectivity index (χ3v) is 9.43. The molecule has 0 bridgehead atoms. The van der Waals surface area contributed by atoms with E-state index in [2.05, 4.69) is 22.0 Å². The molecule has 0 spiro atoms. The summed E-state index contributed by atoms with van der Waals surface area (Å²) in [6.07, 6.45) is -4.74. The molecule has 2 unspecified atom stereocenters. The first-order valence-corrected chi connectivity index (χ1v) is 16.8. The number of hydrogen-bond donors (Lipinski definition) is 3. The number of thiophene rings is 1. The van der Waals surface area contributed by atoms with Crippen LogP contribution in [0, 0.1) is 6.92 Å². The predicted octanol–water partition coefficient (Wildman–Crippen LogP) is 6.50. The third-order valence-electron chi connectivity index (χ3n) is 8.31. The Morgan fingerprint density at radius 2 is 1.75 bits per heavy atom. The van der Waals surface area contributed by atoms with Gasteiger partial charge in [0.2, 0.25) is 0 Å². The highest BCUT2D eigenvalue weighted by Crippen LogP contribution is 2.31. The first kappa shape index (κ1) is 35.2. The van der Waals surface area contributed by atoms with Crippen molar-refractivity contribution in [2.45, 2.75) is 77.5 Å². The van der Waals surface area contributed by atoms with Crippen molar-refractivity contribution in [1.82, 2.24) is 20.4 Å². The maximum absolute atomic E-state index is 13.4. The minimum atomic E-state index is -4.88. The second-order valence-corrected chi connectivity index (χ2v) is 14.7. The van der Waals surface area contributed by atoms with Gasteiger partial charge in [-0.1, -0.05) is 24.3 Å². The normalized spacial score (nSPS) is 17.8. The number of alkyl halides is 3. The van der Waals surface area contributed by atoms with Gasteiger partial charge in [-0.05, 0) is 88.1 Å². The second kappa shape index (κ2) is 14.2. The molecule has 3 aromatic rings. The summed E-state index contributed by atoms with van der Waals surface area (Å²) in [7, 11) is 0. The van der Waals surface area contributed by atoms with Gasteiger partial charge in [-0.15, -0.1) is 11.3 Å². The van der Waals surface area contributed by atoms with Gasteiger partial charge in [0.05, 0.1) is 12.1 Å². The summed E-state index contributed by atoms with van der Waals surface area (Å²) in [6, 6.07) is 17.0. The van der Waals surface area contributed by atoms with Crippen LogP contribution in [0.3, 0.4) is 0 Å². The van der Waals surface area contributed by atoms with Gasteiger partial charge >= 0.3 is 18.2 Å². The molecule has 2 aliphatic heterocycles. The fraction of sp³-hybridized carbons (Fsp3) is 0.457. The average Bonchev–Trinajstić information content (AvgIpc) is 3.63. The first-order chi connectivity index (χ1) is 22.5. The second-order valence-electron chi connectivity index (χ2n) is 13.5. The van der Waals surface area contributed by atoms with E-state index in [1.165, 1.54) is 0 Å². The first-order valence-electron chi connectivity index (χ1n) is 16.0. The molecule has 2 fully saturated rings. The maximum Gasteiger partial charge on any atom is 0.471 e. The van der Waals surface area contributed by atoms with E-state index in [1.807, 2.05) is 88.0 Å². The van der Waals surface area contributed by atoms with E-state index in [9.17, 15) is 27.6 Å². The van der Waals surface area contributed by atoms with Crippen molar-refractivity contribution in [2.75, 3.05) is 31.5 Å². The molecule has 2 atom stereocenters. The van der Waals surface area contributed by atoms with E-state index >= 15 is 0 Å². The van der Waals surface area contributed by atoms with Gasteiger partial charge in [0.15, 0.2) is 0 Å². The molecule has 3 amide bonds. The Balaban J connectivity index is 1.15. The van der Waals surface area contributed by atoms with Gasteiger partial charge in [0, 0.05) is 59.8 Å². The summed E-state index contributed by atoms with van der Waals surface area (Å²) < 4.78 is 43.3. The number of likely N-dealkylation sites (tertiary alicyclic amines) is 2. The topological polar surface area (TPSA) is 103 Å². The minimum Gasteiger partial charge on any atom is -0.444 e. The fourth-order valence-corrected chi connectivity index (χ4v) is 6.80. The number of rotatable bonds is 9. The van der Waals surface area contributed by atoms with Crippen LogP contribution >= 0.6 is 11.3 Å². The predicted molar refractivity (Wildman–Crippen MR) is 180 cm³/mol. The number of nitrogens with one attached hydrogen (secondary N) is 3. The third kappa shape index (κ3) is 9.07. The van der Waals surface area contributed by atoms with Crippen LogP contribution in [0.4, 0.5) is 23.7 Å². The molecule has 0 radical (unpaired) electrons. The molecule has 0 aliphatic carbocycles. The molecule has 1 aromatic heterocycles. The molecule has 13 heteroatoms. The molecule has 2 aliphatic rings. The minimum absolute atomic E-state index is 0.0637. The Morgan fingerprint density at radius 3 is 2.46 bits per heavy atom. The summed E-state index contributed by atoms with van der Waals surface area (Å²) >= 11 is 1.61. The summed E-state index contributed by atoms with van der Waals surface area (Å²) in [5, 5.41) is 8.62. The number of ether oxygens (including phenoxy) is 1. The van der Waals surface area contributed by atoms with Crippen LogP contribution in [0.1, 0.15) is 66.5 Å². The Bertz CT molecular complexity index is 1650. The molecular formula is C35H42F3N5O4S. The van der Waals surface area contributed by atoms with Gasteiger partial charge in [-0.3, -0.25) is 14.5 Å². The van der Waals surface area contributed by atoms with E-state index in [4.69, 9.17) is 4.74 Å². The Hall–Kier alpha value is -4.10. The van der Waals surface area contributed by atoms with Crippen molar-refractivity contribution in [3.05, 3.63) is 76.2 Å². The van der Waals surface area contributed by atoms with Gasteiger partial charge in [-0.25, -0.2) is 4.79 Å². The standard InChI is InChI=1S/C35H42F3N5O4S/c1-21-9-10-25(40-27-18-43(19-27)33(46)47-34(3,4)5)16-29(21)31(44)39-22(2)23-7-6-8-24(15-23)30-12-11-28(48-30)20-42-14-13-26(17-42)41-32(45)35(36,37)38/h6-12,15-16,22,26-27,40H,13-14,17-20H2,1-5H3,(H,39,44)(H,41,45). The lowest BCUT2D eigenvalue weighted by molar-refractivity contribution is -0.174. The Labute approximate surface area is 282 Å². The molecule has 3 N–H and O–H groups in total. The number of amides is 3. The van der Waals surface area contributed by atoms with E-state index in [1.54, 1.807) is 16.2 Å². The highest BCUT2D eigenvalue weighted by atomic mass is 32.1. The van der Waals surface area contributed by atoms with Gasteiger partial charge in [0.1, 0.15) is 5.60 Å². The number of carbonyl (C=O) groups excluding carboxylic acids is 3. The SMILES string of the molecule is Cc1ccc(NC2CN(C(=O)OC(C)(C)C)C2)cc1C(=O)NC(C)c1cccc(-c2ccc(CN3CCC(NC(=O)C(F)(F)F)C3)s2)c1. The van der Waals surface area contributed by atoms with E-state index in [0.29, 0.717) is 44.7 Å². The molecule has 2 aromatic carbocycles. The molecule has 2 saturated heterocycles. The quantitative estimate of drug-likeness (QED) is 0.238. The smallest absolute Gasteiger partial charge is 0.444 e. The molecule has 48 heavy (non-hydrogen) atoms. The molecule has 5 rings (SSSR count). The van der Waals surface area contributed by atoms with Crippen LogP contribution in [-0.2, 0) is 16.1 Å².